The van der Waals surface area contributed by atoms with E-state index in [0.29, 0.717) is 19.3 Å². The van der Waals surface area contributed by atoms with Crippen LogP contribution in [0.25, 0.3) is 0 Å². The largest absolute Gasteiger partial charge is 0.469 e. The summed E-state index contributed by atoms with van der Waals surface area (Å²) in [5, 5.41) is 9.28. The molecule has 3 fully saturated rings. The van der Waals surface area contributed by atoms with E-state index in [1.165, 1.54) is 7.11 Å². The van der Waals surface area contributed by atoms with Crippen molar-refractivity contribution in [1.29, 1.82) is 0 Å². The van der Waals surface area contributed by atoms with Crippen molar-refractivity contribution >= 4 is 5.97 Å². The summed E-state index contributed by atoms with van der Waals surface area (Å²) < 4.78 is 4.59. The molecule has 3 aliphatic rings. The van der Waals surface area contributed by atoms with E-state index in [1.807, 2.05) is 0 Å². The molecule has 0 aromatic rings. The number of rotatable bonds is 1. The van der Waals surface area contributed by atoms with Crippen molar-refractivity contribution in [2.75, 3.05) is 7.11 Å². The van der Waals surface area contributed by atoms with Crippen LogP contribution in [0.5, 0.6) is 0 Å². The van der Waals surface area contributed by atoms with Gasteiger partial charge in [-0.05, 0) is 19.3 Å². The zero-order valence-electron chi connectivity index (χ0n) is 5.89. The van der Waals surface area contributed by atoms with Crippen LogP contribution in [0.4, 0.5) is 0 Å². The third-order valence-corrected chi connectivity index (χ3v) is 2.62. The highest BCUT2D eigenvalue weighted by atomic mass is 16.5. The van der Waals surface area contributed by atoms with Gasteiger partial charge < -0.3 is 9.84 Å². The SMILES string of the molecule is COC(=O)C12CC(O)(C1)C2. The number of carbonyl (C=O) groups is 1. The number of hydrogen-bond donors (Lipinski definition) is 1. The second-order valence-corrected chi connectivity index (χ2v) is 3.53. The molecule has 0 radical (unpaired) electrons. The number of carbonyl (C=O) groups excluding carboxylic acids is 1. The van der Waals surface area contributed by atoms with Crippen LogP contribution in [0.1, 0.15) is 19.3 Å². The van der Waals surface area contributed by atoms with Gasteiger partial charge in [0.25, 0.3) is 0 Å². The molecule has 10 heavy (non-hydrogen) atoms. The minimum absolute atomic E-state index is 0.150. The molecule has 0 unspecified atom stereocenters. The van der Waals surface area contributed by atoms with Gasteiger partial charge in [0.1, 0.15) is 0 Å². The van der Waals surface area contributed by atoms with E-state index in [4.69, 9.17) is 0 Å². The third-order valence-electron chi connectivity index (χ3n) is 2.62. The molecule has 56 valence electrons. The van der Waals surface area contributed by atoms with Gasteiger partial charge in [-0.25, -0.2) is 0 Å². The predicted molar refractivity (Wildman–Crippen MR) is 33.2 cm³/mol. The maximum absolute atomic E-state index is 11.0. The van der Waals surface area contributed by atoms with Crippen LogP contribution in [0.3, 0.4) is 0 Å². The molecule has 0 heterocycles. The fraction of sp³-hybridized carbons (Fsp3) is 0.857. The second-order valence-electron chi connectivity index (χ2n) is 3.53. The molecule has 3 aliphatic carbocycles. The first kappa shape index (κ1) is 6.16. The Morgan fingerprint density at radius 2 is 2.00 bits per heavy atom. The Balaban J connectivity index is 2.04. The van der Waals surface area contributed by atoms with E-state index in [1.54, 1.807) is 0 Å². The first-order chi connectivity index (χ1) is 4.60. The van der Waals surface area contributed by atoms with Crippen molar-refractivity contribution in [1.82, 2.24) is 0 Å². The maximum Gasteiger partial charge on any atom is 0.312 e. The highest BCUT2D eigenvalue weighted by Crippen LogP contribution is 2.67. The molecule has 0 spiro atoms. The summed E-state index contributed by atoms with van der Waals surface area (Å²) >= 11 is 0. The van der Waals surface area contributed by atoms with E-state index in [9.17, 15) is 9.90 Å². The summed E-state index contributed by atoms with van der Waals surface area (Å²) in [6.45, 7) is 0. The summed E-state index contributed by atoms with van der Waals surface area (Å²) in [6.07, 6.45) is 1.85. The van der Waals surface area contributed by atoms with Gasteiger partial charge in [-0.1, -0.05) is 0 Å². The zero-order chi connectivity index (χ0) is 7.41. The maximum atomic E-state index is 11.0. The van der Waals surface area contributed by atoms with Gasteiger partial charge in [0.2, 0.25) is 0 Å². The summed E-state index contributed by atoms with van der Waals surface area (Å²) in [5.74, 6) is -0.150. The fourth-order valence-corrected chi connectivity index (χ4v) is 2.17. The summed E-state index contributed by atoms with van der Waals surface area (Å²) in [6, 6.07) is 0. The van der Waals surface area contributed by atoms with Crippen LogP contribution in [0.2, 0.25) is 0 Å². The van der Waals surface area contributed by atoms with Crippen molar-refractivity contribution < 1.29 is 14.6 Å². The van der Waals surface area contributed by atoms with Crippen LogP contribution in [-0.4, -0.2) is 23.8 Å². The molecule has 0 atom stereocenters. The monoisotopic (exact) mass is 142 g/mol. The standard InChI is InChI=1S/C7H10O3/c1-10-5(8)6-2-7(9,3-6)4-6/h9H,2-4H2,1H3. The van der Waals surface area contributed by atoms with Crippen molar-refractivity contribution in [2.24, 2.45) is 5.41 Å². The smallest absolute Gasteiger partial charge is 0.312 e. The quantitative estimate of drug-likeness (QED) is 0.527. The Kier molecular flexibility index (Phi) is 0.844. The lowest BCUT2D eigenvalue weighted by molar-refractivity contribution is -0.261. The van der Waals surface area contributed by atoms with Crippen LogP contribution < -0.4 is 0 Å². The van der Waals surface area contributed by atoms with Crippen LogP contribution in [-0.2, 0) is 9.53 Å². The average molecular weight is 142 g/mol. The topological polar surface area (TPSA) is 46.5 Å². The summed E-state index contributed by atoms with van der Waals surface area (Å²) in [5.41, 5.74) is -0.766. The van der Waals surface area contributed by atoms with Gasteiger partial charge in [0.15, 0.2) is 0 Å². The number of esters is 1. The molecule has 3 nitrogen and oxygen atoms in total. The molecule has 3 rings (SSSR count). The summed E-state index contributed by atoms with van der Waals surface area (Å²) in [7, 11) is 1.40. The molecule has 1 N–H and O–H groups in total. The molecule has 0 aromatic carbocycles. The molecule has 0 amide bonds. The molecule has 3 heteroatoms. The number of methoxy groups -OCH3 is 1. The molecule has 0 aliphatic heterocycles. The number of hydrogen-bond acceptors (Lipinski definition) is 3. The minimum atomic E-state index is -0.492. The van der Waals surface area contributed by atoms with Gasteiger partial charge in [-0.3, -0.25) is 4.79 Å². The Bertz CT molecular complexity index is 177. The molecule has 0 aromatic heterocycles. The zero-order valence-corrected chi connectivity index (χ0v) is 5.89. The van der Waals surface area contributed by atoms with Gasteiger partial charge in [0.05, 0.1) is 18.1 Å². The lowest BCUT2D eigenvalue weighted by atomic mass is 9.41. The van der Waals surface area contributed by atoms with Crippen molar-refractivity contribution in [2.45, 2.75) is 24.9 Å². The van der Waals surface area contributed by atoms with E-state index < -0.39 is 5.60 Å². The third kappa shape index (κ3) is 0.475. The fourth-order valence-electron chi connectivity index (χ4n) is 2.17. The summed E-state index contributed by atoms with van der Waals surface area (Å²) in [4.78, 5) is 11.0. The lowest BCUT2D eigenvalue weighted by Crippen LogP contribution is -2.70. The van der Waals surface area contributed by atoms with Crippen molar-refractivity contribution in [3.63, 3.8) is 0 Å². The average Bonchev–Trinajstić information content (AvgIpc) is 1.77. The Labute approximate surface area is 59.0 Å². The van der Waals surface area contributed by atoms with Gasteiger partial charge in [-0.15, -0.1) is 0 Å². The van der Waals surface area contributed by atoms with Crippen LogP contribution >= 0.6 is 0 Å². The Morgan fingerprint density at radius 1 is 1.50 bits per heavy atom. The number of aliphatic hydroxyl groups is 1. The van der Waals surface area contributed by atoms with Gasteiger partial charge in [-0.2, -0.15) is 0 Å². The van der Waals surface area contributed by atoms with E-state index >= 15 is 0 Å². The molecule has 0 saturated heterocycles. The predicted octanol–water partition coefficient (Wildman–Crippen LogP) is 0.0744. The van der Waals surface area contributed by atoms with Crippen molar-refractivity contribution in [3.05, 3.63) is 0 Å². The van der Waals surface area contributed by atoms with Gasteiger partial charge in [0, 0.05) is 0 Å². The first-order valence-electron chi connectivity index (χ1n) is 3.41. The highest BCUT2D eigenvalue weighted by Gasteiger charge is 2.72. The van der Waals surface area contributed by atoms with E-state index in [-0.39, 0.29) is 11.4 Å². The lowest BCUT2D eigenvalue weighted by Gasteiger charge is -2.65. The molecular weight excluding hydrogens is 132 g/mol. The van der Waals surface area contributed by atoms with Crippen LogP contribution in [0, 0.1) is 5.41 Å². The van der Waals surface area contributed by atoms with Crippen molar-refractivity contribution in [3.8, 4) is 0 Å². The van der Waals surface area contributed by atoms with E-state index in [0.717, 1.165) is 0 Å². The Hall–Kier alpha value is -0.570. The second kappa shape index (κ2) is 1.37. The van der Waals surface area contributed by atoms with E-state index in [2.05, 4.69) is 4.74 Å². The first-order valence-corrected chi connectivity index (χ1v) is 3.41. The Morgan fingerprint density at radius 3 is 2.30 bits per heavy atom. The molecule has 3 saturated carbocycles. The molecule has 2 bridgehead atoms. The highest BCUT2D eigenvalue weighted by molar-refractivity contribution is 5.81. The van der Waals surface area contributed by atoms with Gasteiger partial charge >= 0.3 is 5.97 Å². The number of ether oxygens (including phenoxy) is 1. The normalized spacial score (nSPS) is 49.0. The molecular formula is C7H10O3. The van der Waals surface area contributed by atoms with Crippen LogP contribution in [0.15, 0.2) is 0 Å². The minimum Gasteiger partial charge on any atom is -0.469 e.